The Morgan fingerprint density at radius 1 is 1.19 bits per heavy atom. The van der Waals surface area contributed by atoms with Gasteiger partial charge in [0.25, 0.3) is 5.69 Å². The van der Waals surface area contributed by atoms with Gasteiger partial charge in [0.1, 0.15) is 5.75 Å². The van der Waals surface area contributed by atoms with Crippen LogP contribution in [-0.2, 0) is 9.53 Å². The predicted molar refractivity (Wildman–Crippen MR) is 95.1 cm³/mol. The van der Waals surface area contributed by atoms with E-state index in [1.165, 1.54) is 31.4 Å². The lowest BCUT2D eigenvalue weighted by Crippen LogP contribution is -2.34. The van der Waals surface area contributed by atoms with Crippen molar-refractivity contribution in [2.75, 3.05) is 19.0 Å². The minimum atomic E-state index is -1.46. The van der Waals surface area contributed by atoms with E-state index >= 15 is 0 Å². The zero-order valence-electron chi connectivity index (χ0n) is 14.4. The van der Waals surface area contributed by atoms with Crippen LogP contribution >= 0.6 is 0 Å². The fraction of sp³-hybridized carbons (Fsp3) is 0.278. The van der Waals surface area contributed by atoms with E-state index in [2.05, 4.69) is 5.32 Å². The van der Waals surface area contributed by atoms with Crippen molar-refractivity contribution in [3.05, 3.63) is 64.2 Å². The molecule has 0 aromatic heterocycles. The average molecular weight is 360 g/mol. The first kappa shape index (κ1) is 19.2. The van der Waals surface area contributed by atoms with Gasteiger partial charge in [-0.25, -0.2) is 4.79 Å². The number of benzene rings is 2. The Balaban J connectivity index is 2.29. The van der Waals surface area contributed by atoms with Crippen LogP contribution in [0.25, 0.3) is 0 Å². The van der Waals surface area contributed by atoms with Crippen LogP contribution in [0.2, 0.25) is 0 Å². The molecule has 2 aromatic rings. The fourth-order valence-corrected chi connectivity index (χ4v) is 2.38. The number of nitrogens with one attached hydrogen (secondary N) is 1. The number of methoxy groups -OCH3 is 1. The topological polar surface area (TPSA) is 111 Å². The van der Waals surface area contributed by atoms with Gasteiger partial charge in [-0.3, -0.25) is 10.1 Å². The molecular formula is C18H20N2O6. The van der Waals surface area contributed by atoms with Gasteiger partial charge >= 0.3 is 5.97 Å². The summed E-state index contributed by atoms with van der Waals surface area (Å²) >= 11 is 0. The van der Waals surface area contributed by atoms with E-state index in [1.54, 1.807) is 31.2 Å². The van der Waals surface area contributed by atoms with E-state index < -0.39 is 23.0 Å². The number of nitro groups is 1. The second-order valence-corrected chi connectivity index (χ2v) is 5.40. The Morgan fingerprint density at radius 2 is 1.81 bits per heavy atom. The zero-order valence-corrected chi connectivity index (χ0v) is 14.4. The highest BCUT2D eigenvalue weighted by molar-refractivity contribution is 5.76. The number of aliphatic hydroxyl groups is 1. The molecule has 0 saturated heterocycles. The maximum absolute atomic E-state index is 12.0. The van der Waals surface area contributed by atoms with Crippen LogP contribution in [0.4, 0.5) is 11.4 Å². The number of carbonyl (C=O) groups excluding carboxylic acids is 1. The largest absolute Gasteiger partial charge is 0.497 e. The minimum Gasteiger partial charge on any atom is -0.497 e. The number of nitrogens with zero attached hydrogens (tertiary/aromatic N) is 1. The van der Waals surface area contributed by atoms with E-state index in [1.807, 2.05) is 0 Å². The molecule has 0 radical (unpaired) electrons. The number of ether oxygens (including phenoxy) is 2. The van der Waals surface area contributed by atoms with Gasteiger partial charge in [-0.05, 0) is 36.8 Å². The van der Waals surface area contributed by atoms with Crippen LogP contribution in [0.1, 0.15) is 18.5 Å². The summed E-state index contributed by atoms with van der Waals surface area (Å²) in [6.07, 6.45) is -1.46. The second kappa shape index (κ2) is 8.82. The maximum atomic E-state index is 12.0. The first-order valence-electron chi connectivity index (χ1n) is 7.96. The van der Waals surface area contributed by atoms with Crippen LogP contribution in [0.3, 0.4) is 0 Å². The monoisotopic (exact) mass is 360 g/mol. The number of hydrogen-bond donors (Lipinski definition) is 2. The normalized spacial score (nSPS) is 12.7. The highest BCUT2D eigenvalue weighted by Crippen LogP contribution is 2.26. The van der Waals surface area contributed by atoms with E-state index in [0.717, 1.165) is 0 Å². The summed E-state index contributed by atoms with van der Waals surface area (Å²) in [7, 11) is 1.54. The lowest BCUT2D eigenvalue weighted by molar-refractivity contribution is -0.384. The van der Waals surface area contributed by atoms with Gasteiger partial charge in [-0.15, -0.1) is 0 Å². The van der Waals surface area contributed by atoms with Crippen LogP contribution in [-0.4, -0.2) is 35.8 Å². The molecule has 138 valence electrons. The highest BCUT2D eigenvalue weighted by Gasteiger charge is 2.29. The van der Waals surface area contributed by atoms with E-state index in [-0.39, 0.29) is 12.3 Å². The van der Waals surface area contributed by atoms with Crippen molar-refractivity contribution in [3.8, 4) is 5.75 Å². The summed E-state index contributed by atoms with van der Waals surface area (Å²) in [5.41, 5.74) is 1.09. The molecule has 0 aliphatic heterocycles. The highest BCUT2D eigenvalue weighted by atomic mass is 16.6. The van der Waals surface area contributed by atoms with Gasteiger partial charge in [0.15, 0.2) is 6.10 Å². The van der Waals surface area contributed by atoms with Crippen molar-refractivity contribution in [1.29, 1.82) is 0 Å². The summed E-state index contributed by atoms with van der Waals surface area (Å²) in [4.78, 5) is 22.2. The summed E-state index contributed by atoms with van der Waals surface area (Å²) in [5, 5.41) is 24.2. The molecule has 2 atom stereocenters. The molecule has 0 fully saturated rings. The standard InChI is InChI=1S/C18H20N2O6/c1-3-26-18(22)17(21)16(12-4-10-15(25-2)11-5-12)19-13-6-8-14(9-7-13)20(23)24/h4-11,16-17,19,21H,3H2,1-2H3. The van der Waals surface area contributed by atoms with Crippen LogP contribution in [0, 0.1) is 10.1 Å². The minimum absolute atomic E-state index is 0.0533. The zero-order chi connectivity index (χ0) is 19.1. The van der Waals surface area contributed by atoms with Crippen molar-refractivity contribution in [1.82, 2.24) is 0 Å². The van der Waals surface area contributed by atoms with Crippen molar-refractivity contribution in [3.63, 3.8) is 0 Å². The molecule has 0 aliphatic rings. The lowest BCUT2D eigenvalue weighted by atomic mass is 10.0. The van der Waals surface area contributed by atoms with Crippen molar-refractivity contribution >= 4 is 17.3 Å². The van der Waals surface area contributed by atoms with Crippen molar-refractivity contribution in [2.24, 2.45) is 0 Å². The molecule has 2 unspecified atom stereocenters. The van der Waals surface area contributed by atoms with Gasteiger partial charge in [-0.2, -0.15) is 0 Å². The van der Waals surface area contributed by atoms with Gasteiger partial charge < -0.3 is 19.9 Å². The molecule has 0 heterocycles. The van der Waals surface area contributed by atoms with Crippen LogP contribution in [0.5, 0.6) is 5.75 Å². The maximum Gasteiger partial charge on any atom is 0.337 e. The second-order valence-electron chi connectivity index (χ2n) is 5.40. The predicted octanol–water partition coefficient (Wildman–Crippen LogP) is 2.68. The number of nitro benzene ring substituents is 1. The van der Waals surface area contributed by atoms with E-state index in [0.29, 0.717) is 17.0 Å². The molecule has 26 heavy (non-hydrogen) atoms. The van der Waals surface area contributed by atoms with Crippen LogP contribution < -0.4 is 10.1 Å². The first-order valence-corrected chi connectivity index (χ1v) is 7.96. The summed E-state index contributed by atoms with van der Waals surface area (Å²) in [5.74, 6) is -0.129. The third-order valence-electron chi connectivity index (χ3n) is 3.72. The quantitative estimate of drug-likeness (QED) is 0.423. The summed E-state index contributed by atoms with van der Waals surface area (Å²) in [6, 6.07) is 11.7. The van der Waals surface area contributed by atoms with Crippen LogP contribution in [0.15, 0.2) is 48.5 Å². The Morgan fingerprint density at radius 3 is 2.31 bits per heavy atom. The molecule has 0 amide bonds. The number of non-ortho nitro benzene ring substituents is 1. The van der Waals surface area contributed by atoms with E-state index in [4.69, 9.17) is 9.47 Å². The van der Waals surface area contributed by atoms with Gasteiger partial charge in [0.05, 0.1) is 24.7 Å². The summed E-state index contributed by atoms with van der Waals surface area (Å²) < 4.78 is 10.0. The molecule has 8 heteroatoms. The Bertz CT molecular complexity index is 745. The molecule has 8 nitrogen and oxygen atoms in total. The Hall–Kier alpha value is -3.13. The Labute approximate surface area is 150 Å². The van der Waals surface area contributed by atoms with Crippen molar-refractivity contribution in [2.45, 2.75) is 19.1 Å². The molecule has 0 spiro atoms. The Kier molecular flexibility index (Phi) is 6.51. The third kappa shape index (κ3) is 4.70. The summed E-state index contributed by atoms with van der Waals surface area (Å²) in [6.45, 7) is 1.79. The average Bonchev–Trinajstić information content (AvgIpc) is 2.66. The van der Waals surface area contributed by atoms with Gasteiger partial charge in [0.2, 0.25) is 0 Å². The molecule has 2 N–H and O–H groups in total. The SMILES string of the molecule is CCOC(=O)C(O)C(Nc1ccc([N+](=O)[O-])cc1)c1ccc(OC)cc1. The third-order valence-corrected chi connectivity index (χ3v) is 3.72. The molecule has 0 saturated carbocycles. The molecule has 0 aliphatic carbocycles. The number of carbonyl (C=O) groups is 1. The molecule has 2 rings (SSSR count). The molecule has 0 bridgehead atoms. The van der Waals surface area contributed by atoms with Gasteiger partial charge in [-0.1, -0.05) is 12.1 Å². The fourth-order valence-electron chi connectivity index (χ4n) is 2.38. The number of esters is 1. The molecule has 2 aromatic carbocycles. The number of hydrogen-bond acceptors (Lipinski definition) is 7. The smallest absolute Gasteiger partial charge is 0.337 e. The number of anilines is 1. The number of rotatable bonds is 8. The lowest BCUT2D eigenvalue weighted by Gasteiger charge is -2.24. The molecular weight excluding hydrogens is 340 g/mol. The van der Waals surface area contributed by atoms with Gasteiger partial charge in [0, 0.05) is 17.8 Å². The van der Waals surface area contributed by atoms with Crippen molar-refractivity contribution < 1.29 is 24.3 Å². The van der Waals surface area contributed by atoms with E-state index in [9.17, 15) is 20.0 Å². The first-order chi connectivity index (χ1) is 12.5. The number of aliphatic hydroxyl groups excluding tert-OH is 1.